The van der Waals surface area contributed by atoms with E-state index in [1.165, 1.54) is 18.9 Å². The second-order valence-corrected chi connectivity index (χ2v) is 7.19. The van der Waals surface area contributed by atoms with Gasteiger partial charge < -0.3 is 10.2 Å². The lowest BCUT2D eigenvalue weighted by molar-refractivity contribution is -0.139. The Bertz CT molecular complexity index is 820. The Hall–Kier alpha value is -2.35. The molecule has 0 radical (unpaired) electrons. The van der Waals surface area contributed by atoms with Gasteiger partial charge in [-0.15, -0.1) is 5.10 Å². The summed E-state index contributed by atoms with van der Waals surface area (Å²) in [5.74, 6) is -0.923. The maximum atomic E-state index is 13.1. The molecule has 0 saturated carbocycles. The molecular formula is C16H18N4O3S. The zero-order chi connectivity index (χ0) is 17.8. The van der Waals surface area contributed by atoms with Crippen molar-refractivity contribution in [2.75, 3.05) is 11.9 Å². The highest BCUT2D eigenvalue weighted by atomic mass is 32.2. The number of hydrogen-bond donors (Lipinski definition) is 1. The average molecular weight is 346 g/mol. The summed E-state index contributed by atoms with van der Waals surface area (Å²) in [7, 11) is 1.69. The van der Waals surface area contributed by atoms with Crippen LogP contribution in [0.25, 0.3) is 0 Å². The molecule has 0 fully saturated rings. The predicted molar refractivity (Wildman–Crippen MR) is 92.4 cm³/mol. The summed E-state index contributed by atoms with van der Waals surface area (Å²) in [5, 5.41) is 8.19. The first kappa shape index (κ1) is 16.5. The van der Waals surface area contributed by atoms with E-state index in [0.717, 1.165) is 34.1 Å². The topological polar surface area (TPSA) is 82.1 Å². The van der Waals surface area contributed by atoms with Gasteiger partial charge >= 0.3 is 0 Å². The number of amidine groups is 1. The molecule has 3 rings (SSSR count). The molecule has 0 saturated heterocycles. The van der Waals surface area contributed by atoms with E-state index in [4.69, 9.17) is 0 Å². The second kappa shape index (κ2) is 5.34. The molecule has 2 heterocycles. The van der Waals surface area contributed by atoms with Crippen molar-refractivity contribution in [1.82, 2.24) is 10.3 Å². The minimum atomic E-state index is -1.30. The van der Waals surface area contributed by atoms with Gasteiger partial charge in [-0.3, -0.25) is 14.4 Å². The van der Waals surface area contributed by atoms with Gasteiger partial charge in [-0.05, 0) is 31.2 Å². The van der Waals surface area contributed by atoms with Crippen LogP contribution in [0.4, 0.5) is 5.69 Å². The van der Waals surface area contributed by atoms with Gasteiger partial charge in [0.05, 0.1) is 5.69 Å². The minimum Gasteiger partial charge on any atom is -0.312 e. The number of carbonyl (C=O) groups is 3. The minimum absolute atomic E-state index is 0.242. The lowest BCUT2D eigenvalue weighted by Gasteiger charge is -2.29. The van der Waals surface area contributed by atoms with Crippen molar-refractivity contribution in [3.8, 4) is 0 Å². The molecule has 0 bridgehead atoms. The lowest BCUT2D eigenvalue weighted by atomic mass is 10.0. The molecule has 2 aliphatic rings. The number of fused-ring (bicyclic) bond motifs is 2. The van der Waals surface area contributed by atoms with Crippen LogP contribution in [0.15, 0.2) is 17.2 Å². The maximum absolute atomic E-state index is 13.1. The molecule has 2 aliphatic heterocycles. The summed E-state index contributed by atoms with van der Waals surface area (Å²) in [4.78, 5) is 36.9. The van der Waals surface area contributed by atoms with Crippen molar-refractivity contribution in [3.63, 3.8) is 0 Å². The number of nitrogens with one attached hydrogen (secondary N) is 1. The standard InChI is InChI=1S/C16H18N4O3S/c1-8-6-9(2)13-12(7-8)16(14(23)19(13)5)20(11(4)22)18-15(24-16)17-10(3)21/h6-7H,1-5H3,(H,17,18,21). The van der Waals surface area contributed by atoms with E-state index in [0.29, 0.717) is 0 Å². The van der Waals surface area contributed by atoms with Gasteiger partial charge in [-0.25, -0.2) is 0 Å². The summed E-state index contributed by atoms with van der Waals surface area (Å²) in [6.45, 7) is 6.59. The number of hydrazone groups is 1. The fourth-order valence-electron chi connectivity index (χ4n) is 3.27. The Morgan fingerprint density at radius 2 is 1.92 bits per heavy atom. The van der Waals surface area contributed by atoms with Crippen LogP contribution in [-0.4, -0.2) is 34.9 Å². The molecule has 24 heavy (non-hydrogen) atoms. The number of carbonyl (C=O) groups excluding carboxylic acids is 3. The third-order valence-electron chi connectivity index (χ3n) is 4.05. The molecule has 0 aliphatic carbocycles. The Balaban J connectivity index is 2.22. The van der Waals surface area contributed by atoms with Gasteiger partial charge in [-0.1, -0.05) is 17.7 Å². The highest BCUT2D eigenvalue weighted by Crippen LogP contribution is 2.55. The first-order valence-corrected chi connectivity index (χ1v) is 8.26. The molecule has 1 N–H and O–H groups in total. The first-order chi connectivity index (χ1) is 11.2. The average Bonchev–Trinajstić information content (AvgIpc) is 2.92. The summed E-state index contributed by atoms with van der Waals surface area (Å²) >= 11 is 1.09. The number of hydrogen-bond acceptors (Lipinski definition) is 5. The third-order valence-corrected chi connectivity index (χ3v) is 5.29. The Kier molecular flexibility index (Phi) is 3.67. The molecule has 1 aromatic rings. The molecule has 8 heteroatoms. The summed E-state index contributed by atoms with van der Waals surface area (Å²) in [6.07, 6.45) is 0. The molecule has 126 valence electrons. The van der Waals surface area contributed by atoms with Gasteiger partial charge in [0.25, 0.3) is 5.91 Å². The molecule has 7 nitrogen and oxygen atoms in total. The van der Waals surface area contributed by atoms with Crippen LogP contribution in [0.3, 0.4) is 0 Å². The van der Waals surface area contributed by atoms with E-state index < -0.39 is 4.87 Å². The fraction of sp³-hybridized carbons (Fsp3) is 0.375. The van der Waals surface area contributed by atoms with Gasteiger partial charge in [0.1, 0.15) is 0 Å². The molecule has 3 amide bonds. The number of anilines is 1. The van der Waals surface area contributed by atoms with Gasteiger partial charge in [0.2, 0.25) is 16.7 Å². The number of thioether (sulfide) groups is 1. The third kappa shape index (κ3) is 2.13. The monoisotopic (exact) mass is 346 g/mol. The van der Waals surface area contributed by atoms with E-state index in [2.05, 4.69) is 10.4 Å². The Morgan fingerprint density at radius 3 is 2.50 bits per heavy atom. The molecule has 1 spiro atoms. The maximum Gasteiger partial charge on any atom is 0.270 e. The van der Waals surface area contributed by atoms with Crippen LogP contribution in [0.1, 0.15) is 30.5 Å². The Labute approximate surface area is 144 Å². The number of likely N-dealkylation sites (N-methyl/N-ethyl adjacent to an activating group) is 1. The van der Waals surface area contributed by atoms with Gasteiger partial charge in [0.15, 0.2) is 5.17 Å². The van der Waals surface area contributed by atoms with Crippen molar-refractivity contribution in [1.29, 1.82) is 0 Å². The fourth-order valence-corrected chi connectivity index (χ4v) is 4.61. The van der Waals surface area contributed by atoms with Crippen LogP contribution in [0.2, 0.25) is 0 Å². The highest BCUT2D eigenvalue weighted by molar-refractivity contribution is 8.15. The van der Waals surface area contributed by atoms with Crippen molar-refractivity contribution < 1.29 is 14.4 Å². The molecular weight excluding hydrogens is 328 g/mol. The number of rotatable bonds is 0. The molecule has 1 unspecified atom stereocenters. The van der Waals surface area contributed by atoms with E-state index in [1.807, 2.05) is 26.0 Å². The van der Waals surface area contributed by atoms with Crippen molar-refractivity contribution in [2.45, 2.75) is 32.6 Å². The van der Waals surface area contributed by atoms with Crippen LogP contribution in [-0.2, 0) is 19.3 Å². The van der Waals surface area contributed by atoms with Gasteiger partial charge in [-0.2, -0.15) is 5.01 Å². The SMILES string of the molecule is CC(=O)NC1=NN(C(C)=O)C2(S1)C(=O)N(C)c1c(C)cc(C)cc12. The van der Waals surface area contributed by atoms with Gasteiger partial charge in [0, 0.05) is 26.5 Å². The summed E-state index contributed by atoms with van der Waals surface area (Å²) in [6, 6.07) is 3.90. The first-order valence-electron chi connectivity index (χ1n) is 7.44. The van der Waals surface area contributed by atoms with Crippen LogP contribution in [0, 0.1) is 13.8 Å². The highest BCUT2D eigenvalue weighted by Gasteiger charge is 2.60. The van der Waals surface area contributed by atoms with Crippen molar-refractivity contribution in [3.05, 3.63) is 28.8 Å². The van der Waals surface area contributed by atoms with E-state index in [9.17, 15) is 14.4 Å². The smallest absolute Gasteiger partial charge is 0.270 e. The lowest BCUT2D eigenvalue weighted by Crippen LogP contribution is -2.47. The zero-order valence-corrected chi connectivity index (χ0v) is 14.9. The van der Waals surface area contributed by atoms with Crippen LogP contribution >= 0.6 is 11.8 Å². The van der Waals surface area contributed by atoms with Crippen LogP contribution in [0.5, 0.6) is 0 Å². The number of nitrogens with zero attached hydrogens (tertiary/aromatic N) is 3. The molecule has 0 aromatic heterocycles. The predicted octanol–water partition coefficient (Wildman–Crippen LogP) is 1.44. The van der Waals surface area contributed by atoms with Crippen molar-refractivity contribution in [2.24, 2.45) is 5.10 Å². The number of aryl methyl sites for hydroxylation is 2. The van der Waals surface area contributed by atoms with E-state index in [1.54, 1.807) is 11.9 Å². The van der Waals surface area contributed by atoms with E-state index in [-0.39, 0.29) is 22.9 Å². The second-order valence-electron chi connectivity index (χ2n) is 6.01. The Morgan fingerprint density at radius 1 is 1.25 bits per heavy atom. The molecule has 1 aromatic carbocycles. The van der Waals surface area contributed by atoms with Crippen LogP contribution < -0.4 is 10.2 Å². The van der Waals surface area contributed by atoms with Crippen molar-refractivity contribution >= 4 is 40.3 Å². The van der Waals surface area contributed by atoms with E-state index >= 15 is 0 Å². The quantitative estimate of drug-likeness (QED) is 0.770. The summed E-state index contributed by atoms with van der Waals surface area (Å²) in [5.41, 5.74) is 3.45. The zero-order valence-electron chi connectivity index (χ0n) is 14.1. The summed E-state index contributed by atoms with van der Waals surface area (Å²) < 4.78 is 0. The number of benzene rings is 1. The number of amides is 3. The normalized spacial score (nSPS) is 22.0. The largest absolute Gasteiger partial charge is 0.312 e. The molecule has 1 atom stereocenters.